The van der Waals surface area contributed by atoms with Crippen LogP contribution < -0.4 is 61.5 Å². The quantitative estimate of drug-likeness (QED) is 0.0426. The second kappa shape index (κ2) is 31.9. The first-order chi connectivity index (χ1) is 45.5. The molecule has 6 aliphatic rings. The van der Waals surface area contributed by atoms with Gasteiger partial charge in [0.1, 0.15) is 23.7 Å². The molecule has 512 valence electrons. The van der Waals surface area contributed by atoms with E-state index >= 15 is 0 Å². The number of ether oxygens (including phenoxy) is 2. The first kappa shape index (κ1) is 70.7. The van der Waals surface area contributed by atoms with Crippen LogP contribution >= 0.6 is 34.8 Å². The molecule has 4 heterocycles. The highest BCUT2D eigenvalue weighted by Crippen LogP contribution is 2.44. The van der Waals surface area contributed by atoms with E-state index in [0.29, 0.717) is 76.7 Å². The SMILES string of the molecule is C[C@@H]1CN([C@H]2Cc3c(Cl)cc(Cl)cc3[C@@H]2Oc2ccc(S(=O)(=O)N[C@H]3CCN(C(=O)CNC(=O)CNC(=O)NCCCCNC(=O)NCC(=O)NCC(=O)N4CC[C@H](NS(=O)(=O)c5ccc(O[C@H]6c7cc(Cl)cc(C#N)c7C[C@@H]6N6CCN[C@H](C)C6)cc5)C4)C3)cc2)CCN1. The smallest absolute Gasteiger partial charge is 0.315 e. The molecule has 8 atom stereocenters. The third kappa shape index (κ3) is 18.5. The highest BCUT2D eigenvalue weighted by molar-refractivity contribution is 7.89. The number of urea groups is 2. The number of nitrogens with one attached hydrogen (secondary N) is 10. The van der Waals surface area contributed by atoms with Crippen LogP contribution in [-0.4, -0.2) is 213 Å². The number of likely N-dealkylation sites (tertiary alicyclic amines) is 2. The van der Waals surface area contributed by atoms with Crippen LogP contribution in [-0.2, 0) is 52.1 Å². The Morgan fingerprint density at radius 2 is 0.989 bits per heavy atom. The highest BCUT2D eigenvalue weighted by atomic mass is 35.5. The number of sulfonamides is 2. The molecule has 0 unspecified atom stereocenters. The molecule has 4 fully saturated rings. The van der Waals surface area contributed by atoms with Gasteiger partial charge in [-0.3, -0.25) is 29.0 Å². The number of fused-ring (bicyclic) bond motifs is 2. The first-order valence-electron chi connectivity index (χ1n) is 31.8. The number of carbonyl (C=O) groups is 6. The fourth-order valence-electron chi connectivity index (χ4n) is 13.1. The molecule has 4 aliphatic heterocycles. The summed E-state index contributed by atoms with van der Waals surface area (Å²) in [6.45, 7) is 8.69. The second-order valence-electron chi connectivity index (χ2n) is 24.7. The van der Waals surface area contributed by atoms with E-state index < -0.39 is 87.0 Å². The van der Waals surface area contributed by atoms with Gasteiger partial charge in [-0.15, -0.1) is 0 Å². The maximum absolute atomic E-state index is 13.5. The Morgan fingerprint density at radius 1 is 0.558 bits per heavy atom. The van der Waals surface area contributed by atoms with Crippen LogP contribution in [0.5, 0.6) is 11.5 Å². The van der Waals surface area contributed by atoms with Crippen LogP contribution in [0.25, 0.3) is 0 Å². The number of amides is 8. The molecule has 4 aromatic carbocycles. The van der Waals surface area contributed by atoms with E-state index in [1.54, 1.807) is 36.4 Å². The lowest BCUT2D eigenvalue weighted by Crippen LogP contribution is -2.54. The van der Waals surface area contributed by atoms with Crippen molar-refractivity contribution in [2.75, 3.05) is 105 Å². The molecule has 8 amide bonds. The third-order valence-corrected chi connectivity index (χ3v) is 21.7. The second-order valence-corrected chi connectivity index (χ2v) is 29.4. The van der Waals surface area contributed by atoms with Gasteiger partial charge in [0, 0.05) is 123 Å². The Hall–Kier alpha value is -7.08. The topological polar surface area (TPSA) is 346 Å². The van der Waals surface area contributed by atoms with Crippen molar-refractivity contribution >= 4 is 90.5 Å². The Labute approximate surface area is 567 Å². The number of nitrogens with zero attached hydrogens (tertiary/aromatic N) is 5. The summed E-state index contributed by atoms with van der Waals surface area (Å²) in [7, 11) is -7.99. The maximum atomic E-state index is 13.5. The van der Waals surface area contributed by atoms with Crippen molar-refractivity contribution in [3.8, 4) is 17.6 Å². The van der Waals surface area contributed by atoms with Crippen molar-refractivity contribution in [1.29, 1.82) is 5.26 Å². The zero-order chi connectivity index (χ0) is 67.6. The van der Waals surface area contributed by atoms with Gasteiger partial charge in [-0.25, -0.2) is 35.9 Å². The van der Waals surface area contributed by atoms with Crippen LogP contribution in [0.15, 0.2) is 82.6 Å². The molecule has 4 aromatic rings. The van der Waals surface area contributed by atoms with Gasteiger partial charge in [-0.2, -0.15) is 5.26 Å². The van der Waals surface area contributed by atoms with Gasteiger partial charge in [-0.1, -0.05) is 34.8 Å². The van der Waals surface area contributed by atoms with Gasteiger partial charge in [0.05, 0.1) is 59.7 Å². The molecule has 95 heavy (non-hydrogen) atoms. The van der Waals surface area contributed by atoms with Crippen molar-refractivity contribution in [2.45, 2.75) is 111 Å². The first-order valence-corrected chi connectivity index (χ1v) is 35.9. The van der Waals surface area contributed by atoms with E-state index in [9.17, 15) is 50.9 Å². The fraction of sp³-hybridized carbons (Fsp3) is 0.508. The molecule has 0 bridgehead atoms. The molecule has 0 saturated carbocycles. The fourth-order valence-corrected chi connectivity index (χ4v) is 16.4. The molecule has 2 aliphatic carbocycles. The van der Waals surface area contributed by atoms with Crippen LogP contribution in [0.1, 0.15) is 79.6 Å². The number of rotatable bonds is 25. The minimum atomic E-state index is -4.00. The number of carbonyl (C=O) groups excluding carboxylic acids is 6. The molecular weight excluding hydrogens is 1330 g/mol. The third-order valence-electron chi connectivity index (χ3n) is 17.8. The van der Waals surface area contributed by atoms with Gasteiger partial charge in [0.2, 0.25) is 43.7 Å². The number of piperazine rings is 2. The maximum Gasteiger partial charge on any atom is 0.315 e. The van der Waals surface area contributed by atoms with Gasteiger partial charge < -0.3 is 61.8 Å². The number of halogens is 3. The molecule has 0 aromatic heterocycles. The Kier molecular flexibility index (Phi) is 23.7. The number of benzene rings is 4. The number of hydrogen-bond acceptors (Lipinski definition) is 17. The van der Waals surface area contributed by atoms with E-state index in [1.165, 1.54) is 34.1 Å². The highest BCUT2D eigenvalue weighted by Gasteiger charge is 2.43. The lowest BCUT2D eigenvalue weighted by atomic mass is 10.0. The number of unbranched alkanes of at least 4 members (excludes halogenated alkanes) is 1. The Bertz CT molecular complexity index is 3760. The summed E-state index contributed by atoms with van der Waals surface area (Å²) in [5, 5.41) is 33.3. The monoisotopic (exact) mass is 1410 g/mol. The van der Waals surface area contributed by atoms with E-state index in [4.69, 9.17) is 44.3 Å². The van der Waals surface area contributed by atoms with E-state index in [-0.39, 0.29) is 86.4 Å². The van der Waals surface area contributed by atoms with Crippen molar-refractivity contribution in [1.82, 2.24) is 71.6 Å². The van der Waals surface area contributed by atoms with Crippen LogP contribution in [0.2, 0.25) is 15.1 Å². The van der Waals surface area contributed by atoms with E-state index in [2.05, 4.69) is 81.7 Å². The summed E-state index contributed by atoms with van der Waals surface area (Å²) >= 11 is 19.5. The zero-order valence-corrected chi connectivity index (χ0v) is 56.6. The summed E-state index contributed by atoms with van der Waals surface area (Å²) < 4.78 is 72.6. The van der Waals surface area contributed by atoms with Crippen molar-refractivity contribution in [3.63, 3.8) is 0 Å². The van der Waals surface area contributed by atoms with Gasteiger partial charge in [0.15, 0.2) is 0 Å². The number of nitriles is 1. The summed E-state index contributed by atoms with van der Waals surface area (Å²) in [6, 6.07) is 19.8. The average Bonchev–Trinajstić information content (AvgIpc) is 1.64. The summed E-state index contributed by atoms with van der Waals surface area (Å²) in [5.74, 6) is -1.16. The predicted molar refractivity (Wildman–Crippen MR) is 354 cm³/mol. The summed E-state index contributed by atoms with van der Waals surface area (Å²) in [5.41, 5.74) is 4.12. The zero-order valence-electron chi connectivity index (χ0n) is 52.7. The van der Waals surface area contributed by atoms with Crippen molar-refractivity contribution in [3.05, 3.63) is 116 Å². The van der Waals surface area contributed by atoms with E-state index in [0.717, 1.165) is 61.5 Å². The lowest BCUT2D eigenvalue weighted by molar-refractivity contribution is -0.132. The standard InChI is InChI=1S/C63H80Cl3N15O12S2/c1-38-34-78(21-17-68-38)54-27-49-40(29-67)23-41(64)24-51(49)60(54)92-45-5-9-47(10-6-45)94(88,89)76-43-13-19-80(36-43)58(84)32-72-56(82)30-74-62(86)70-15-3-4-16-71-63(87)75-31-57(83)73-33-59(85)81-20-14-44(37-81)77-95(90,91)48-11-7-46(8-12-48)93-61-52-25-42(65)26-53(66)50(52)28-55(61)79-22-18-69-39(2)35-79/h5-12,23-26,38-39,43-44,54-55,60-61,68-69,76-77H,3-4,13-22,27-28,30-37H2,1-2H3,(H,72,82)(H,73,83)(H2,70,74,86)(H2,71,75,87)/t38-,39-,43+,44+,54+,55+,60+,61+/m1/s1. The van der Waals surface area contributed by atoms with Gasteiger partial charge in [0.25, 0.3) is 0 Å². The molecule has 10 N–H and O–H groups in total. The normalized spacial score (nSPS) is 22.8. The minimum Gasteiger partial charge on any atom is -0.484 e. The molecule has 27 nitrogen and oxygen atoms in total. The summed E-state index contributed by atoms with van der Waals surface area (Å²) in [4.78, 5) is 83.4. The average molecular weight is 1410 g/mol. The molecule has 0 spiro atoms. The minimum absolute atomic E-state index is 0.00209. The number of hydrogen-bond donors (Lipinski definition) is 10. The predicted octanol–water partition coefficient (Wildman–Crippen LogP) is 2.27. The van der Waals surface area contributed by atoms with Crippen LogP contribution in [0.3, 0.4) is 0 Å². The molecule has 32 heteroatoms. The Balaban J connectivity index is 0.550. The lowest BCUT2D eigenvalue weighted by Gasteiger charge is -2.38. The van der Waals surface area contributed by atoms with Gasteiger partial charge >= 0.3 is 12.1 Å². The largest absolute Gasteiger partial charge is 0.484 e. The Morgan fingerprint density at radius 3 is 1.43 bits per heavy atom. The van der Waals surface area contributed by atoms with Crippen LogP contribution in [0.4, 0.5) is 9.59 Å². The van der Waals surface area contributed by atoms with Crippen molar-refractivity contribution in [2.24, 2.45) is 0 Å². The van der Waals surface area contributed by atoms with Crippen LogP contribution in [0, 0.1) is 11.3 Å². The molecule has 10 rings (SSSR count). The molecule has 0 radical (unpaired) electrons. The van der Waals surface area contributed by atoms with E-state index in [1.807, 2.05) is 12.1 Å². The van der Waals surface area contributed by atoms with Crippen molar-refractivity contribution < 1.29 is 55.1 Å². The van der Waals surface area contributed by atoms with Gasteiger partial charge in [-0.05, 0) is 142 Å². The molecular formula is C63H80Cl3N15O12S2. The molecule has 4 saturated heterocycles. The summed E-state index contributed by atoms with van der Waals surface area (Å²) in [6.07, 6.45) is 2.06.